The molecule has 124 valence electrons. The van der Waals surface area contributed by atoms with Crippen molar-refractivity contribution in [1.29, 1.82) is 0 Å². The number of aryl methyl sites for hydroxylation is 2. The van der Waals surface area contributed by atoms with Crippen molar-refractivity contribution in [3.8, 4) is 0 Å². The Hall–Kier alpha value is -1.95. The van der Waals surface area contributed by atoms with E-state index in [4.69, 9.17) is 17.0 Å². The predicted molar refractivity (Wildman–Crippen MR) is 95.9 cm³/mol. The highest BCUT2D eigenvalue weighted by molar-refractivity contribution is 7.80. The summed E-state index contributed by atoms with van der Waals surface area (Å²) in [6.07, 6.45) is 4.13. The summed E-state index contributed by atoms with van der Waals surface area (Å²) in [7, 11) is 0. The van der Waals surface area contributed by atoms with E-state index in [2.05, 4.69) is 22.2 Å². The molecule has 0 amide bonds. The van der Waals surface area contributed by atoms with Crippen molar-refractivity contribution in [3.05, 3.63) is 35.0 Å². The molecule has 0 unspecified atom stereocenters. The zero-order valence-electron chi connectivity index (χ0n) is 13.7. The van der Waals surface area contributed by atoms with Crippen LogP contribution in [0.4, 0.5) is 5.82 Å². The molecular weight excluding hydrogens is 310 g/mol. The Morgan fingerprint density at radius 3 is 2.87 bits per heavy atom. The highest BCUT2D eigenvalue weighted by atomic mass is 32.1. The largest absolute Gasteiger partial charge is 0.462 e. The van der Waals surface area contributed by atoms with E-state index in [0.29, 0.717) is 29.6 Å². The number of hydrogen-bond acceptors (Lipinski definition) is 4. The lowest BCUT2D eigenvalue weighted by atomic mass is 9.94. The first-order chi connectivity index (χ1) is 11.0. The lowest BCUT2D eigenvalue weighted by molar-refractivity contribution is 0.0527. The normalized spacial score (nSPS) is 13.0. The zero-order valence-corrected chi connectivity index (χ0v) is 14.5. The van der Waals surface area contributed by atoms with Crippen molar-refractivity contribution in [3.63, 3.8) is 0 Å². The van der Waals surface area contributed by atoms with Gasteiger partial charge in [-0.15, -0.1) is 0 Å². The SMILES string of the molecule is C=C(C)CNC(=S)Nc1nc2c(cc1C(=O)OCC)CCCC2. The molecule has 6 heteroatoms. The van der Waals surface area contributed by atoms with Crippen LogP contribution >= 0.6 is 12.2 Å². The van der Waals surface area contributed by atoms with Crippen LogP contribution in [0.5, 0.6) is 0 Å². The number of hydrogen-bond donors (Lipinski definition) is 2. The van der Waals surface area contributed by atoms with Crippen molar-refractivity contribution in [2.75, 3.05) is 18.5 Å². The number of esters is 1. The fraction of sp³-hybridized carbons (Fsp3) is 0.471. The quantitative estimate of drug-likeness (QED) is 0.491. The molecule has 0 aliphatic heterocycles. The van der Waals surface area contributed by atoms with Gasteiger partial charge in [0.1, 0.15) is 11.4 Å². The molecule has 0 saturated carbocycles. The summed E-state index contributed by atoms with van der Waals surface area (Å²) in [5.41, 5.74) is 3.57. The average molecular weight is 333 g/mol. The number of anilines is 1. The lowest BCUT2D eigenvalue weighted by Gasteiger charge is -2.19. The van der Waals surface area contributed by atoms with Gasteiger partial charge >= 0.3 is 5.97 Å². The molecule has 0 saturated heterocycles. The number of aromatic nitrogens is 1. The molecule has 1 aliphatic carbocycles. The van der Waals surface area contributed by atoms with Crippen molar-refractivity contribution in [2.45, 2.75) is 39.5 Å². The molecule has 1 heterocycles. The topological polar surface area (TPSA) is 63.2 Å². The number of ether oxygens (including phenoxy) is 1. The van der Waals surface area contributed by atoms with Gasteiger partial charge in [-0.25, -0.2) is 9.78 Å². The van der Waals surface area contributed by atoms with Crippen molar-refractivity contribution < 1.29 is 9.53 Å². The molecule has 0 atom stereocenters. The molecule has 5 nitrogen and oxygen atoms in total. The minimum Gasteiger partial charge on any atom is -0.462 e. The Morgan fingerprint density at radius 1 is 1.43 bits per heavy atom. The van der Waals surface area contributed by atoms with E-state index < -0.39 is 0 Å². The number of rotatable bonds is 5. The molecule has 2 N–H and O–H groups in total. The molecule has 0 radical (unpaired) electrons. The number of fused-ring (bicyclic) bond motifs is 1. The fourth-order valence-corrected chi connectivity index (χ4v) is 2.65. The van der Waals surface area contributed by atoms with Gasteiger partial charge in [0.25, 0.3) is 0 Å². The Balaban J connectivity index is 2.25. The average Bonchev–Trinajstić information content (AvgIpc) is 2.52. The number of nitrogens with zero attached hydrogens (tertiary/aromatic N) is 1. The third kappa shape index (κ3) is 4.76. The summed E-state index contributed by atoms with van der Waals surface area (Å²) < 4.78 is 5.14. The van der Waals surface area contributed by atoms with Crippen LogP contribution in [-0.4, -0.2) is 29.2 Å². The second-order valence-electron chi connectivity index (χ2n) is 5.68. The summed E-state index contributed by atoms with van der Waals surface area (Å²) >= 11 is 5.26. The van der Waals surface area contributed by atoms with Gasteiger partial charge in [-0.05, 0) is 63.4 Å². The molecule has 0 spiro atoms. The van der Waals surface area contributed by atoms with E-state index in [1.54, 1.807) is 6.92 Å². The first-order valence-electron chi connectivity index (χ1n) is 7.90. The number of pyridine rings is 1. The van der Waals surface area contributed by atoms with Crippen molar-refractivity contribution in [1.82, 2.24) is 10.3 Å². The van der Waals surface area contributed by atoms with Gasteiger partial charge in [0.05, 0.1) is 6.61 Å². The van der Waals surface area contributed by atoms with Gasteiger partial charge in [-0.1, -0.05) is 12.2 Å². The summed E-state index contributed by atoms with van der Waals surface area (Å²) in [5.74, 6) is 0.0851. The molecule has 1 aromatic heterocycles. The maximum Gasteiger partial charge on any atom is 0.341 e. The second kappa shape index (κ2) is 8.06. The first kappa shape index (κ1) is 17.4. The molecule has 0 bridgehead atoms. The van der Waals surface area contributed by atoms with E-state index in [0.717, 1.165) is 42.5 Å². The molecule has 2 rings (SSSR count). The summed E-state index contributed by atoms with van der Waals surface area (Å²) in [6.45, 7) is 8.43. The van der Waals surface area contributed by atoms with Crippen LogP contribution in [-0.2, 0) is 17.6 Å². The highest BCUT2D eigenvalue weighted by Gasteiger charge is 2.20. The van der Waals surface area contributed by atoms with E-state index in [-0.39, 0.29) is 5.97 Å². The smallest absolute Gasteiger partial charge is 0.341 e. The Kier molecular flexibility index (Phi) is 6.10. The minimum absolute atomic E-state index is 0.327. The monoisotopic (exact) mass is 333 g/mol. The van der Waals surface area contributed by atoms with E-state index in [1.165, 1.54) is 0 Å². The van der Waals surface area contributed by atoms with Gasteiger partial charge in [-0.2, -0.15) is 0 Å². The van der Waals surface area contributed by atoms with E-state index in [9.17, 15) is 4.79 Å². The van der Waals surface area contributed by atoms with Crippen LogP contribution in [0.15, 0.2) is 18.2 Å². The second-order valence-corrected chi connectivity index (χ2v) is 6.09. The molecule has 0 fully saturated rings. The standard InChI is InChI=1S/C17H23N3O2S/c1-4-22-16(21)13-9-12-7-5-6-8-14(12)19-15(13)20-17(23)18-10-11(2)3/h9H,2,4-8,10H2,1,3H3,(H2,18,19,20,23). The van der Waals surface area contributed by atoms with Crippen LogP contribution < -0.4 is 10.6 Å². The van der Waals surface area contributed by atoms with Gasteiger partial charge < -0.3 is 15.4 Å². The van der Waals surface area contributed by atoms with Gasteiger partial charge in [0, 0.05) is 12.2 Å². The van der Waals surface area contributed by atoms with Crippen LogP contribution in [0, 0.1) is 0 Å². The fourth-order valence-electron chi connectivity index (χ4n) is 2.48. The summed E-state index contributed by atoms with van der Waals surface area (Å²) in [4.78, 5) is 16.8. The van der Waals surface area contributed by atoms with Crippen LogP contribution in [0.1, 0.15) is 48.3 Å². The lowest BCUT2D eigenvalue weighted by Crippen LogP contribution is -2.31. The first-order valence-corrected chi connectivity index (χ1v) is 8.31. The number of carbonyl (C=O) groups excluding carboxylic acids is 1. The predicted octanol–water partition coefficient (Wildman–Crippen LogP) is 3.00. The minimum atomic E-state index is -0.376. The Labute approximate surface area is 142 Å². The number of carbonyl (C=O) groups is 1. The maximum atomic E-state index is 12.2. The Morgan fingerprint density at radius 2 is 2.17 bits per heavy atom. The molecule has 1 aliphatic rings. The summed E-state index contributed by atoms with van der Waals surface area (Å²) in [6, 6.07) is 1.89. The van der Waals surface area contributed by atoms with E-state index >= 15 is 0 Å². The van der Waals surface area contributed by atoms with E-state index in [1.807, 2.05) is 13.0 Å². The van der Waals surface area contributed by atoms with Crippen LogP contribution in [0.3, 0.4) is 0 Å². The molecule has 23 heavy (non-hydrogen) atoms. The molecule has 1 aromatic rings. The third-order valence-electron chi connectivity index (χ3n) is 3.58. The van der Waals surface area contributed by atoms with Crippen LogP contribution in [0.25, 0.3) is 0 Å². The molecular formula is C17H23N3O2S. The van der Waals surface area contributed by atoms with Crippen molar-refractivity contribution >= 4 is 29.1 Å². The summed E-state index contributed by atoms with van der Waals surface area (Å²) in [5, 5.41) is 6.48. The van der Waals surface area contributed by atoms with Gasteiger partial charge in [-0.3, -0.25) is 0 Å². The molecule has 0 aromatic carbocycles. The number of thiocarbonyl (C=S) groups is 1. The highest BCUT2D eigenvalue weighted by Crippen LogP contribution is 2.25. The van der Waals surface area contributed by atoms with Gasteiger partial charge in [0.2, 0.25) is 0 Å². The maximum absolute atomic E-state index is 12.2. The zero-order chi connectivity index (χ0) is 16.8. The third-order valence-corrected chi connectivity index (χ3v) is 3.83. The van der Waals surface area contributed by atoms with Crippen molar-refractivity contribution in [2.24, 2.45) is 0 Å². The number of nitrogens with one attached hydrogen (secondary N) is 2. The van der Waals surface area contributed by atoms with Gasteiger partial charge in [0.15, 0.2) is 5.11 Å². The van der Waals surface area contributed by atoms with Crippen LogP contribution in [0.2, 0.25) is 0 Å². The Bertz CT molecular complexity index is 629.